The average molecular weight is 489 g/mol. The molecule has 0 bridgehead atoms. The van der Waals surface area contributed by atoms with Gasteiger partial charge < -0.3 is 9.42 Å². The van der Waals surface area contributed by atoms with Gasteiger partial charge in [-0.2, -0.15) is 4.98 Å². The monoisotopic (exact) mass is 488 g/mol. The summed E-state index contributed by atoms with van der Waals surface area (Å²) >= 11 is 5.06. The van der Waals surface area contributed by atoms with Crippen LogP contribution in [0.15, 0.2) is 50.8 Å². The van der Waals surface area contributed by atoms with Crippen LogP contribution in [-0.2, 0) is 6.54 Å². The highest BCUT2D eigenvalue weighted by molar-refractivity contribution is 9.10. The molecule has 0 atom stereocenters. The number of likely N-dealkylation sites (tertiary alicyclic amines) is 1. The quantitative estimate of drug-likeness (QED) is 0.464. The van der Waals surface area contributed by atoms with Crippen molar-refractivity contribution in [1.82, 2.24) is 19.9 Å². The van der Waals surface area contributed by atoms with Crippen LogP contribution in [0.1, 0.15) is 42.4 Å². The second-order valence-electron chi connectivity index (χ2n) is 7.50. The van der Waals surface area contributed by atoms with E-state index in [1.807, 2.05) is 46.7 Å². The van der Waals surface area contributed by atoms with Crippen LogP contribution >= 0.6 is 27.3 Å². The largest absolute Gasteiger partial charge is 0.339 e. The first-order valence-corrected chi connectivity index (χ1v) is 12.0. The van der Waals surface area contributed by atoms with Crippen LogP contribution in [0.3, 0.4) is 0 Å². The zero-order chi connectivity index (χ0) is 20.9. The molecule has 0 radical (unpaired) electrons. The van der Waals surface area contributed by atoms with Crippen molar-refractivity contribution >= 4 is 33.2 Å². The average Bonchev–Trinajstić information content (AvgIpc) is 3.42. The van der Waals surface area contributed by atoms with Gasteiger partial charge in [0.2, 0.25) is 11.7 Å². The molecule has 1 aliphatic heterocycles. The Kier molecular flexibility index (Phi) is 6.97. The van der Waals surface area contributed by atoms with Gasteiger partial charge in [-0.15, -0.1) is 11.3 Å². The van der Waals surface area contributed by atoms with E-state index >= 15 is 0 Å². The fraction of sp³-hybridized carbons (Fsp3) is 0.409. The van der Waals surface area contributed by atoms with E-state index in [0.717, 1.165) is 53.8 Å². The number of rotatable bonds is 7. The molecule has 6 nitrogen and oxygen atoms in total. The number of halogens is 1. The molecule has 1 saturated heterocycles. The summed E-state index contributed by atoms with van der Waals surface area (Å²) in [6.45, 7) is 5.35. The Morgan fingerprint density at radius 1 is 1.30 bits per heavy atom. The summed E-state index contributed by atoms with van der Waals surface area (Å²) in [5.41, 5.74) is 0.764. The number of hydrogen-bond donors (Lipinski definition) is 0. The second-order valence-corrected chi connectivity index (χ2v) is 9.33. The van der Waals surface area contributed by atoms with Gasteiger partial charge in [0.25, 0.3) is 5.91 Å². The smallest absolute Gasteiger partial charge is 0.253 e. The molecule has 0 aliphatic carbocycles. The van der Waals surface area contributed by atoms with E-state index in [4.69, 9.17) is 4.52 Å². The first-order valence-electron chi connectivity index (χ1n) is 10.3. The molecule has 8 heteroatoms. The van der Waals surface area contributed by atoms with Crippen LogP contribution < -0.4 is 0 Å². The molecular weight excluding hydrogens is 464 g/mol. The van der Waals surface area contributed by atoms with Crippen LogP contribution in [0.25, 0.3) is 10.7 Å². The van der Waals surface area contributed by atoms with Gasteiger partial charge in [-0.05, 0) is 59.9 Å². The van der Waals surface area contributed by atoms with Crippen molar-refractivity contribution < 1.29 is 9.32 Å². The SMILES string of the molecule is CCCN(Cc1nc(-c2cc(Br)cs2)no1)C1CCN(C(=O)c2ccccc2)CC1. The second kappa shape index (κ2) is 9.85. The molecule has 0 saturated carbocycles. The lowest BCUT2D eigenvalue weighted by Gasteiger charge is -2.38. The van der Waals surface area contributed by atoms with Crippen molar-refractivity contribution in [2.75, 3.05) is 19.6 Å². The Bertz CT molecular complexity index is 966. The Morgan fingerprint density at radius 3 is 2.73 bits per heavy atom. The Hall–Kier alpha value is -2.03. The number of nitrogens with zero attached hydrogens (tertiary/aromatic N) is 4. The summed E-state index contributed by atoms with van der Waals surface area (Å²) in [4.78, 5) is 22.7. The molecule has 3 heterocycles. The maximum Gasteiger partial charge on any atom is 0.253 e. The number of hydrogen-bond acceptors (Lipinski definition) is 6. The lowest BCUT2D eigenvalue weighted by atomic mass is 10.0. The number of benzene rings is 1. The standard InChI is InChI=1S/C22H25BrN4O2S/c1-2-10-27(14-20-24-21(25-29-20)19-13-17(23)15-30-19)18-8-11-26(12-9-18)22(28)16-6-4-3-5-7-16/h3-7,13,15,18H,2,8-12,14H2,1H3. The molecule has 158 valence electrons. The van der Waals surface area contributed by atoms with Gasteiger partial charge >= 0.3 is 0 Å². The first-order chi connectivity index (χ1) is 14.6. The number of amides is 1. The molecule has 2 aromatic heterocycles. The Morgan fingerprint density at radius 2 is 2.07 bits per heavy atom. The van der Waals surface area contributed by atoms with Gasteiger partial charge in [-0.3, -0.25) is 9.69 Å². The van der Waals surface area contributed by atoms with E-state index in [1.165, 1.54) is 0 Å². The van der Waals surface area contributed by atoms with E-state index in [-0.39, 0.29) is 5.91 Å². The van der Waals surface area contributed by atoms with E-state index < -0.39 is 0 Å². The van der Waals surface area contributed by atoms with Crippen LogP contribution in [0, 0.1) is 0 Å². The first kappa shape index (κ1) is 21.2. The van der Waals surface area contributed by atoms with Gasteiger partial charge in [0, 0.05) is 34.5 Å². The van der Waals surface area contributed by atoms with Crippen molar-refractivity contribution in [3.8, 4) is 10.7 Å². The summed E-state index contributed by atoms with van der Waals surface area (Å²) < 4.78 is 6.56. The molecule has 1 aliphatic rings. The van der Waals surface area contributed by atoms with E-state index in [9.17, 15) is 4.79 Å². The molecule has 1 amide bonds. The zero-order valence-corrected chi connectivity index (χ0v) is 19.4. The predicted octanol–water partition coefficient (Wildman–Crippen LogP) is 5.08. The van der Waals surface area contributed by atoms with Gasteiger partial charge in [-0.25, -0.2) is 0 Å². The van der Waals surface area contributed by atoms with Crippen molar-refractivity contribution in [3.63, 3.8) is 0 Å². The van der Waals surface area contributed by atoms with Crippen LogP contribution in [-0.4, -0.2) is 51.5 Å². The number of carbonyl (C=O) groups is 1. The molecule has 0 spiro atoms. The maximum atomic E-state index is 12.7. The van der Waals surface area contributed by atoms with Crippen molar-refractivity contribution in [3.05, 3.63) is 57.7 Å². The third-order valence-electron chi connectivity index (χ3n) is 5.39. The van der Waals surface area contributed by atoms with Crippen molar-refractivity contribution in [1.29, 1.82) is 0 Å². The van der Waals surface area contributed by atoms with Crippen LogP contribution in [0.4, 0.5) is 0 Å². The fourth-order valence-corrected chi connectivity index (χ4v) is 5.25. The van der Waals surface area contributed by atoms with E-state index in [0.29, 0.717) is 24.3 Å². The summed E-state index contributed by atoms with van der Waals surface area (Å²) in [6.07, 6.45) is 2.97. The zero-order valence-electron chi connectivity index (χ0n) is 17.0. The Labute approximate surface area is 189 Å². The summed E-state index contributed by atoms with van der Waals surface area (Å²) in [7, 11) is 0. The summed E-state index contributed by atoms with van der Waals surface area (Å²) in [5.74, 6) is 1.41. The van der Waals surface area contributed by atoms with Crippen LogP contribution in [0.5, 0.6) is 0 Å². The Balaban J connectivity index is 1.37. The number of thiophene rings is 1. The molecule has 0 unspecified atom stereocenters. The van der Waals surface area contributed by atoms with Gasteiger partial charge in [0.15, 0.2) is 0 Å². The summed E-state index contributed by atoms with van der Waals surface area (Å²) in [5, 5.41) is 6.16. The molecular formula is C22H25BrN4O2S. The minimum Gasteiger partial charge on any atom is -0.339 e. The highest BCUT2D eigenvalue weighted by Gasteiger charge is 2.28. The van der Waals surface area contributed by atoms with E-state index in [1.54, 1.807) is 11.3 Å². The van der Waals surface area contributed by atoms with Crippen molar-refractivity contribution in [2.45, 2.75) is 38.8 Å². The lowest BCUT2D eigenvalue weighted by Crippen LogP contribution is -2.46. The minimum absolute atomic E-state index is 0.125. The maximum absolute atomic E-state index is 12.7. The van der Waals surface area contributed by atoms with Gasteiger partial charge in [0.05, 0.1) is 11.4 Å². The normalized spacial score (nSPS) is 15.1. The molecule has 1 fully saturated rings. The van der Waals surface area contributed by atoms with Crippen LogP contribution in [0.2, 0.25) is 0 Å². The highest BCUT2D eigenvalue weighted by Crippen LogP contribution is 2.28. The third-order valence-corrected chi connectivity index (χ3v) is 7.08. The molecule has 1 aromatic carbocycles. The van der Waals surface area contributed by atoms with Gasteiger partial charge in [-0.1, -0.05) is 30.3 Å². The molecule has 0 N–H and O–H groups in total. The number of carbonyl (C=O) groups excluding carboxylic acids is 1. The molecule has 3 aromatic rings. The summed E-state index contributed by atoms with van der Waals surface area (Å²) in [6, 6.07) is 12.0. The lowest BCUT2D eigenvalue weighted by molar-refractivity contribution is 0.0590. The van der Waals surface area contributed by atoms with E-state index in [2.05, 4.69) is 37.9 Å². The van der Waals surface area contributed by atoms with Crippen molar-refractivity contribution in [2.24, 2.45) is 0 Å². The third kappa shape index (κ3) is 4.99. The topological polar surface area (TPSA) is 62.5 Å². The molecule has 4 rings (SSSR count). The van der Waals surface area contributed by atoms with Gasteiger partial charge in [0.1, 0.15) is 0 Å². The fourth-order valence-electron chi connectivity index (χ4n) is 3.90. The number of aromatic nitrogens is 2. The molecule has 30 heavy (non-hydrogen) atoms. The highest BCUT2D eigenvalue weighted by atomic mass is 79.9. The predicted molar refractivity (Wildman–Crippen MR) is 121 cm³/mol. The number of piperidine rings is 1. The minimum atomic E-state index is 0.125.